The molecular formula is C20H33N5O3S. The van der Waals surface area contributed by atoms with E-state index in [0.29, 0.717) is 19.1 Å². The Morgan fingerprint density at radius 1 is 1.07 bits per heavy atom. The molecule has 1 unspecified atom stereocenters. The van der Waals surface area contributed by atoms with Crippen LogP contribution in [0.3, 0.4) is 0 Å². The minimum Gasteiger partial charge on any atom is -0.342 e. The number of nitrogens with zero attached hydrogens (tertiary/aromatic N) is 5. The molecule has 1 aromatic rings. The highest BCUT2D eigenvalue weighted by molar-refractivity contribution is 7.89. The number of aryl methyl sites for hydroxylation is 1. The minimum atomic E-state index is -3.60. The van der Waals surface area contributed by atoms with Crippen molar-refractivity contribution in [2.75, 3.05) is 39.3 Å². The van der Waals surface area contributed by atoms with Gasteiger partial charge in [-0.25, -0.2) is 8.42 Å². The first-order valence-corrected chi connectivity index (χ1v) is 12.5. The highest BCUT2D eigenvalue weighted by atomic mass is 32.2. The van der Waals surface area contributed by atoms with Crippen LogP contribution in [0.5, 0.6) is 0 Å². The molecule has 0 N–H and O–H groups in total. The number of carbonyl (C=O) groups excluding carboxylic acids is 1. The zero-order chi connectivity index (χ0) is 20.4. The number of piperidine rings is 2. The Labute approximate surface area is 173 Å². The number of sulfonamides is 1. The smallest absolute Gasteiger partial charge is 0.246 e. The number of aromatic nitrogens is 2. The zero-order valence-electron chi connectivity index (χ0n) is 17.4. The first kappa shape index (κ1) is 20.8. The molecule has 3 fully saturated rings. The molecule has 3 aliphatic heterocycles. The van der Waals surface area contributed by atoms with Crippen LogP contribution in [0.4, 0.5) is 0 Å². The monoisotopic (exact) mass is 423 g/mol. The molecule has 8 nitrogen and oxygen atoms in total. The molecule has 1 aromatic heterocycles. The predicted molar refractivity (Wildman–Crippen MR) is 110 cm³/mol. The Balaban J connectivity index is 1.36. The van der Waals surface area contributed by atoms with E-state index in [2.05, 4.69) is 10.00 Å². The van der Waals surface area contributed by atoms with Crippen molar-refractivity contribution in [3.05, 3.63) is 12.4 Å². The lowest BCUT2D eigenvalue weighted by Gasteiger charge is -2.39. The summed E-state index contributed by atoms with van der Waals surface area (Å²) in [4.78, 5) is 17.9. The second-order valence-electron chi connectivity index (χ2n) is 8.53. The standard InChI is InChI=1S/C20H33N5O3S/c1-2-24-16-19(14-21-24)29(27,28)25-11-5-6-17(15-25)20(26)23-12-7-18(8-13-23)22-9-3-4-10-22/h14,16-18H,2-13,15H2,1H3. The van der Waals surface area contributed by atoms with Gasteiger partial charge in [-0.2, -0.15) is 9.40 Å². The molecule has 29 heavy (non-hydrogen) atoms. The Hall–Kier alpha value is -1.45. The van der Waals surface area contributed by atoms with E-state index in [-0.39, 0.29) is 23.3 Å². The average molecular weight is 424 g/mol. The molecule has 9 heteroatoms. The van der Waals surface area contributed by atoms with Crippen LogP contribution in [0, 0.1) is 5.92 Å². The van der Waals surface area contributed by atoms with Crippen LogP contribution in [-0.4, -0.2) is 83.5 Å². The fourth-order valence-electron chi connectivity index (χ4n) is 4.98. The number of hydrogen-bond acceptors (Lipinski definition) is 5. The molecule has 0 aliphatic carbocycles. The number of hydrogen-bond donors (Lipinski definition) is 0. The molecule has 0 radical (unpaired) electrons. The molecule has 4 heterocycles. The number of amides is 1. The normalized spacial score (nSPS) is 25.6. The lowest BCUT2D eigenvalue weighted by atomic mass is 9.96. The van der Waals surface area contributed by atoms with Gasteiger partial charge in [0.2, 0.25) is 15.9 Å². The highest BCUT2D eigenvalue weighted by Crippen LogP contribution is 2.27. The van der Waals surface area contributed by atoms with Crippen LogP contribution in [0.25, 0.3) is 0 Å². The summed E-state index contributed by atoms with van der Waals surface area (Å²) in [5, 5.41) is 4.09. The summed E-state index contributed by atoms with van der Waals surface area (Å²) in [5.74, 6) is -0.0999. The Morgan fingerprint density at radius 3 is 2.45 bits per heavy atom. The molecule has 0 spiro atoms. The van der Waals surface area contributed by atoms with Gasteiger partial charge < -0.3 is 9.80 Å². The maximum Gasteiger partial charge on any atom is 0.246 e. The third-order valence-corrected chi connectivity index (χ3v) is 8.56. The van der Waals surface area contributed by atoms with E-state index in [1.54, 1.807) is 10.9 Å². The summed E-state index contributed by atoms with van der Waals surface area (Å²) < 4.78 is 29.1. The van der Waals surface area contributed by atoms with E-state index < -0.39 is 10.0 Å². The molecule has 4 rings (SSSR count). The number of carbonyl (C=O) groups is 1. The van der Waals surface area contributed by atoms with Gasteiger partial charge in [-0.3, -0.25) is 9.48 Å². The van der Waals surface area contributed by atoms with E-state index in [0.717, 1.165) is 38.8 Å². The summed E-state index contributed by atoms with van der Waals surface area (Å²) in [6.07, 6.45) is 9.14. The third-order valence-electron chi connectivity index (χ3n) is 6.74. The summed E-state index contributed by atoms with van der Waals surface area (Å²) in [6.45, 7) is 7.30. The lowest BCUT2D eigenvalue weighted by Crippen LogP contribution is -2.50. The van der Waals surface area contributed by atoms with Gasteiger partial charge in [0.25, 0.3) is 0 Å². The zero-order valence-corrected chi connectivity index (χ0v) is 18.2. The molecule has 1 amide bonds. The average Bonchev–Trinajstić information content (AvgIpc) is 3.46. The van der Waals surface area contributed by atoms with Crippen LogP contribution in [0.15, 0.2) is 17.3 Å². The van der Waals surface area contributed by atoms with Crippen molar-refractivity contribution in [3.63, 3.8) is 0 Å². The van der Waals surface area contributed by atoms with E-state index in [4.69, 9.17) is 0 Å². The maximum absolute atomic E-state index is 13.1. The maximum atomic E-state index is 13.1. The largest absolute Gasteiger partial charge is 0.342 e. The molecule has 3 saturated heterocycles. The van der Waals surface area contributed by atoms with Gasteiger partial charge in [-0.1, -0.05) is 0 Å². The Morgan fingerprint density at radius 2 is 1.79 bits per heavy atom. The van der Waals surface area contributed by atoms with Gasteiger partial charge >= 0.3 is 0 Å². The van der Waals surface area contributed by atoms with Crippen molar-refractivity contribution in [2.24, 2.45) is 5.92 Å². The topological polar surface area (TPSA) is 78.8 Å². The molecular weight excluding hydrogens is 390 g/mol. The molecule has 0 saturated carbocycles. The summed E-state index contributed by atoms with van der Waals surface area (Å²) in [6, 6.07) is 0.611. The van der Waals surface area contributed by atoms with E-state index >= 15 is 0 Å². The van der Waals surface area contributed by atoms with Gasteiger partial charge in [0, 0.05) is 45.0 Å². The first-order chi connectivity index (χ1) is 14.0. The second-order valence-corrected chi connectivity index (χ2v) is 10.5. The quantitative estimate of drug-likeness (QED) is 0.715. The highest BCUT2D eigenvalue weighted by Gasteiger charge is 2.37. The molecule has 0 aromatic carbocycles. The Bertz CT molecular complexity index is 810. The van der Waals surface area contributed by atoms with Crippen LogP contribution in [-0.2, 0) is 21.4 Å². The van der Waals surface area contributed by atoms with Crippen LogP contribution in [0.2, 0.25) is 0 Å². The van der Waals surface area contributed by atoms with Crippen molar-refractivity contribution >= 4 is 15.9 Å². The molecule has 162 valence electrons. The fraction of sp³-hybridized carbons (Fsp3) is 0.800. The lowest BCUT2D eigenvalue weighted by molar-refractivity contribution is -0.138. The van der Waals surface area contributed by atoms with Crippen LogP contribution >= 0.6 is 0 Å². The third kappa shape index (κ3) is 4.36. The van der Waals surface area contributed by atoms with E-state index in [1.165, 1.54) is 36.4 Å². The van der Waals surface area contributed by atoms with Gasteiger partial charge in [-0.15, -0.1) is 0 Å². The summed E-state index contributed by atoms with van der Waals surface area (Å²) in [7, 11) is -3.60. The van der Waals surface area contributed by atoms with Crippen LogP contribution < -0.4 is 0 Å². The van der Waals surface area contributed by atoms with Crippen molar-refractivity contribution in [2.45, 2.75) is 62.9 Å². The van der Waals surface area contributed by atoms with Gasteiger partial charge in [0.05, 0.1) is 12.1 Å². The summed E-state index contributed by atoms with van der Waals surface area (Å²) in [5.41, 5.74) is 0. The van der Waals surface area contributed by atoms with Crippen molar-refractivity contribution < 1.29 is 13.2 Å². The Kier molecular flexibility index (Phi) is 6.27. The molecule has 3 aliphatic rings. The van der Waals surface area contributed by atoms with Crippen molar-refractivity contribution in [1.29, 1.82) is 0 Å². The van der Waals surface area contributed by atoms with Crippen molar-refractivity contribution in [3.8, 4) is 0 Å². The van der Waals surface area contributed by atoms with E-state index in [9.17, 15) is 13.2 Å². The fourth-order valence-corrected chi connectivity index (χ4v) is 6.46. The van der Waals surface area contributed by atoms with Gasteiger partial charge in [0.1, 0.15) is 4.90 Å². The second kappa shape index (κ2) is 8.73. The van der Waals surface area contributed by atoms with Crippen LogP contribution in [0.1, 0.15) is 45.4 Å². The van der Waals surface area contributed by atoms with Crippen molar-refractivity contribution in [1.82, 2.24) is 23.9 Å². The summed E-state index contributed by atoms with van der Waals surface area (Å²) >= 11 is 0. The predicted octanol–water partition coefficient (Wildman–Crippen LogP) is 1.39. The SMILES string of the molecule is CCn1cc(S(=O)(=O)N2CCCC(C(=O)N3CCC(N4CCCC4)CC3)C2)cn1. The van der Waals surface area contributed by atoms with Gasteiger partial charge in [0.15, 0.2) is 0 Å². The minimum absolute atomic E-state index is 0.133. The number of likely N-dealkylation sites (tertiary alicyclic amines) is 2. The van der Waals surface area contributed by atoms with E-state index in [1.807, 2.05) is 11.8 Å². The first-order valence-electron chi connectivity index (χ1n) is 11.0. The molecule has 1 atom stereocenters. The van der Waals surface area contributed by atoms with Gasteiger partial charge in [-0.05, 0) is 58.5 Å². The number of rotatable bonds is 5. The molecule has 0 bridgehead atoms.